The second kappa shape index (κ2) is 13.3. The lowest BCUT2D eigenvalue weighted by atomic mass is 9.87. The van der Waals surface area contributed by atoms with Crippen LogP contribution in [0.4, 0.5) is 10.5 Å². The van der Waals surface area contributed by atoms with E-state index in [1.165, 1.54) is 24.3 Å². The van der Waals surface area contributed by atoms with Crippen LogP contribution in [0.1, 0.15) is 30.4 Å². The summed E-state index contributed by atoms with van der Waals surface area (Å²) >= 11 is 0. The third kappa shape index (κ3) is 8.76. The Morgan fingerprint density at radius 1 is 1.03 bits per heavy atom. The molecule has 0 saturated carbocycles. The summed E-state index contributed by atoms with van der Waals surface area (Å²) in [4.78, 5) is 59.0. The maximum absolute atomic E-state index is 12.4. The number of hydrogen-bond acceptors (Lipinski definition) is 8. The number of nitrogens with two attached hydrogens (primary N) is 1. The molecule has 0 unspecified atom stereocenters. The number of carbonyl (C=O) groups is 4. The average molecular weight is 486 g/mol. The molecule has 12 heteroatoms. The minimum Gasteiger partial charge on any atom is -0.466 e. The Kier molecular flexibility index (Phi) is 10.2. The molecule has 35 heavy (non-hydrogen) atoms. The molecular formula is C23H26N4O8. The minimum absolute atomic E-state index is 0.0000383. The molecular weight excluding hydrogens is 460 g/mol. The first kappa shape index (κ1) is 26.8. The van der Waals surface area contributed by atoms with Gasteiger partial charge in [0, 0.05) is 18.1 Å². The van der Waals surface area contributed by atoms with Crippen molar-refractivity contribution in [1.29, 1.82) is 0 Å². The third-order valence-electron chi connectivity index (χ3n) is 4.86. The fraction of sp³-hybridized carbons (Fsp3) is 0.304. The van der Waals surface area contributed by atoms with Crippen LogP contribution in [0.25, 0.3) is 0 Å². The summed E-state index contributed by atoms with van der Waals surface area (Å²) in [6.45, 7) is 1.17. The zero-order valence-electron chi connectivity index (χ0n) is 19.0. The highest BCUT2D eigenvalue weighted by Gasteiger charge is 2.32. The van der Waals surface area contributed by atoms with E-state index in [4.69, 9.17) is 15.2 Å². The lowest BCUT2D eigenvalue weighted by Crippen LogP contribution is -2.51. The number of benzene rings is 2. The van der Waals surface area contributed by atoms with Gasteiger partial charge < -0.3 is 25.8 Å². The van der Waals surface area contributed by atoms with Crippen LogP contribution in [0, 0.1) is 10.1 Å². The largest absolute Gasteiger partial charge is 0.466 e. The third-order valence-corrected chi connectivity index (χ3v) is 4.86. The second-order valence-electron chi connectivity index (χ2n) is 7.33. The molecule has 0 fully saturated rings. The Morgan fingerprint density at radius 3 is 2.26 bits per heavy atom. The summed E-state index contributed by atoms with van der Waals surface area (Å²) in [5.74, 6) is -3.33. The van der Waals surface area contributed by atoms with Crippen LogP contribution >= 0.6 is 0 Å². The van der Waals surface area contributed by atoms with Gasteiger partial charge >= 0.3 is 12.1 Å². The molecule has 0 aliphatic rings. The molecule has 2 aromatic carbocycles. The van der Waals surface area contributed by atoms with Crippen molar-refractivity contribution in [1.82, 2.24) is 10.6 Å². The molecule has 0 radical (unpaired) electrons. The molecule has 2 atom stereocenters. The van der Waals surface area contributed by atoms with Crippen molar-refractivity contribution in [2.45, 2.75) is 31.9 Å². The van der Waals surface area contributed by atoms with Crippen LogP contribution in [-0.2, 0) is 30.5 Å². The molecule has 2 rings (SSSR count). The number of non-ortho nitro benzene ring substituents is 1. The fourth-order valence-electron chi connectivity index (χ4n) is 3.19. The van der Waals surface area contributed by atoms with Crippen LogP contribution in [0.3, 0.4) is 0 Å². The molecule has 0 aromatic heterocycles. The van der Waals surface area contributed by atoms with E-state index in [0.717, 1.165) is 5.56 Å². The number of rotatable bonds is 12. The average Bonchev–Trinajstić information content (AvgIpc) is 2.84. The van der Waals surface area contributed by atoms with Crippen LogP contribution in [0.15, 0.2) is 54.6 Å². The Labute approximate surface area is 200 Å². The Balaban J connectivity index is 2.07. The molecule has 2 aromatic rings. The molecule has 0 saturated heterocycles. The van der Waals surface area contributed by atoms with E-state index in [1.54, 1.807) is 31.2 Å². The minimum atomic E-state index is -1.37. The number of carbonyl (C=O) groups excluding carboxylic acids is 4. The van der Waals surface area contributed by atoms with Gasteiger partial charge in [-0.05, 0) is 18.1 Å². The summed E-state index contributed by atoms with van der Waals surface area (Å²) < 4.78 is 9.97. The second-order valence-corrected chi connectivity index (χ2v) is 7.33. The molecule has 0 bridgehead atoms. The van der Waals surface area contributed by atoms with Gasteiger partial charge in [-0.3, -0.25) is 24.5 Å². The van der Waals surface area contributed by atoms with Crippen molar-refractivity contribution in [2.24, 2.45) is 5.73 Å². The first-order valence-corrected chi connectivity index (χ1v) is 10.6. The van der Waals surface area contributed by atoms with Gasteiger partial charge in [-0.2, -0.15) is 0 Å². The maximum atomic E-state index is 12.4. The number of hydrogen-bond donors (Lipinski definition) is 3. The lowest BCUT2D eigenvalue weighted by molar-refractivity contribution is -0.384. The molecule has 3 amide bonds. The van der Waals surface area contributed by atoms with Gasteiger partial charge in [0.05, 0.1) is 18.0 Å². The Hall–Kier alpha value is -4.48. The van der Waals surface area contributed by atoms with Crippen molar-refractivity contribution in [2.75, 3.05) is 13.2 Å². The fourth-order valence-corrected chi connectivity index (χ4v) is 3.19. The molecule has 0 aliphatic carbocycles. The van der Waals surface area contributed by atoms with E-state index in [0.29, 0.717) is 5.56 Å². The van der Waals surface area contributed by atoms with E-state index in [-0.39, 0.29) is 25.3 Å². The topological polar surface area (TPSA) is 180 Å². The first-order valence-electron chi connectivity index (χ1n) is 10.6. The zero-order chi connectivity index (χ0) is 25.8. The predicted octanol–water partition coefficient (Wildman–Crippen LogP) is 1.53. The van der Waals surface area contributed by atoms with Crippen LogP contribution < -0.4 is 16.4 Å². The SMILES string of the molecule is CCOC(=O)C[C@@H](c1ccc([N+](=O)[O-])cc1)[C@H](NC(=O)CNC(=O)OCc1ccccc1)C(N)=O. The molecule has 12 nitrogen and oxygen atoms in total. The van der Waals surface area contributed by atoms with E-state index < -0.39 is 47.3 Å². The number of nitrogens with zero attached hydrogens (tertiary/aromatic N) is 1. The van der Waals surface area contributed by atoms with Crippen molar-refractivity contribution in [3.8, 4) is 0 Å². The summed E-state index contributed by atoms with van der Waals surface area (Å²) in [6.07, 6.45) is -1.18. The highest BCUT2D eigenvalue weighted by molar-refractivity contribution is 5.90. The van der Waals surface area contributed by atoms with E-state index >= 15 is 0 Å². The summed E-state index contributed by atoms with van der Waals surface area (Å²) in [5.41, 5.74) is 6.41. The quantitative estimate of drug-likeness (QED) is 0.229. The van der Waals surface area contributed by atoms with Gasteiger partial charge in [0.25, 0.3) is 5.69 Å². The first-order chi connectivity index (χ1) is 16.7. The van der Waals surface area contributed by atoms with Crippen molar-refractivity contribution < 1.29 is 33.6 Å². The maximum Gasteiger partial charge on any atom is 0.407 e. The molecule has 4 N–H and O–H groups in total. The number of nitro groups is 1. The summed E-state index contributed by atoms with van der Waals surface area (Å²) in [5, 5.41) is 15.6. The highest BCUT2D eigenvalue weighted by Crippen LogP contribution is 2.26. The van der Waals surface area contributed by atoms with E-state index in [9.17, 15) is 29.3 Å². The van der Waals surface area contributed by atoms with Crippen LogP contribution in [0.5, 0.6) is 0 Å². The van der Waals surface area contributed by atoms with Gasteiger partial charge in [-0.15, -0.1) is 0 Å². The normalized spacial score (nSPS) is 12.0. The number of esters is 1. The lowest BCUT2D eigenvalue weighted by Gasteiger charge is -2.25. The number of alkyl carbamates (subject to hydrolysis) is 1. The molecule has 0 spiro atoms. The van der Waals surface area contributed by atoms with Gasteiger partial charge in [0.2, 0.25) is 11.8 Å². The monoisotopic (exact) mass is 486 g/mol. The smallest absolute Gasteiger partial charge is 0.407 e. The number of nitrogens with one attached hydrogen (secondary N) is 2. The summed E-state index contributed by atoms with van der Waals surface area (Å²) in [6, 6.07) is 12.7. The number of ether oxygens (including phenoxy) is 2. The van der Waals surface area contributed by atoms with Crippen molar-refractivity contribution >= 4 is 29.6 Å². The van der Waals surface area contributed by atoms with Gasteiger partial charge in [-0.1, -0.05) is 42.5 Å². The number of nitro benzene ring substituents is 1. The van der Waals surface area contributed by atoms with Crippen molar-refractivity contribution in [3.05, 3.63) is 75.8 Å². The summed E-state index contributed by atoms with van der Waals surface area (Å²) in [7, 11) is 0. The van der Waals surface area contributed by atoms with Gasteiger partial charge in [0.1, 0.15) is 19.2 Å². The van der Waals surface area contributed by atoms with Crippen LogP contribution in [0.2, 0.25) is 0 Å². The van der Waals surface area contributed by atoms with Crippen LogP contribution in [-0.4, -0.2) is 48.0 Å². The zero-order valence-corrected chi connectivity index (χ0v) is 19.0. The van der Waals surface area contributed by atoms with Gasteiger partial charge in [-0.25, -0.2) is 4.79 Å². The van der Waals surface area contributed by atoms with Gasteiger partial charge in [0.15, 0.2) is 0 Å². The number of amides is 3. The van der Waals surface area contributed by atoms with E-state index in [1.807, 2.05) is 6.07 Å². The predicted molar refractivity (Wildman–Crippen MR) is 123 cm³/mol. The Bertz CT molecular complexity index is 1040. The highest BCUT2D eigenvalue weighted by atomic mass is 16.6. The van der Waals surface area contributed by atoms with E-state index in [2.05, 4.69) is 10.6 Å². The van der Waals surface area contributed by atoms with Crippen molar-refractivity contribution in [3.63, 3.8) is 0 Å². The number of primary amides is 1. The molecule has 186 valence electrons. The Morgan fingerprint density at radius 2 is 1.69 bits per heavy atom. The molecule has 0 heterocycles. The standard InChI is InChI=1S/C23H26N4O8/c1-2-34-20(29)12-18(16-8-10-17(11-9-16)27(32)33)21(22(24)30)26-19(28)13-25-23(31)35-14-15-6-4-3-5-7-15/h3-11,18,21H,2,12-14H2,1H3,(H2,24,30)(H,25,31)(H,26,28)/t18-,21-/m0/s1. The molecule has 0 aliphatic heterocycles.